The van der Waals surface area contributed by atoms with Crippen molar-refractivity contribution in [1.82, 2.24) is 0 Å². The minimum atomic E-state index is -0.996. The number of carboxylic acids is 1. The molecule has 328 valence electrons. The van der Waals surface area contributed by atoms with Gasteiger partial charge in [-0.25, -0.2) is 4.79 Å². The molecule has 0 aromatic heterocycles. The number of carbonyl (C=O) groups is 1. The van der Waals surface area contributed by atoms with E-state index >= 15 is 0 Å². The molecule has 0 radical (unpaired) electrons. The summed E-state index contributed by atoms with van der Waals surface area (Å²) in [5, 5.41) is 8.44. The van der Waals surface area contributed by atoms with Gasteiger partial charge in [0.2, 0.25) is 0 Å². The summed E-state index contributed by atoms with van der Waals surface area (Å²) in [6.45, 7) is 17.9. The average Bonchev–Trinajstić information content (AvgIpc) is 3.20. The molecule has 0 amide bonds. The van der Waals surface area contributed by atoms with E-state index < -0.39 is 5.97 Å². The first-order valence-electron chi connectivity index (χ1n) is 20.4. The maximum Gasteiger partial charge on any atom is 0.329 e. The van der Waals surface area contributed by atoms with E-state index in [2.05, 4.69) is 45.0 Å². The summed E-state index contributed by atoms with van der Waals surface area (Å²) in [6, 6.07) is 8.54. The molecule has 0 heterocycles. The molecule has 1 N–H and O–H groups in total. The van der Waals surface area contributed by atoms with Crippen molar-refractivity contribution in [1.29, 1.82) is 0 Å². The summed E-state index contributed by atoms with van der Waals surface area (Å²) >= 11 is 0. The van der Waals surface area contributed by atoms with E-state index in [9.17, 15) is 4.79 Å². The van der Waals surface area contributed by atoms with Crippen LogP contribution in [0.2, 0.25) is 0 Å². The van der Waals surface area contributed by atoms with E-state index in [4.69, 9.17) is 66.7 Å². The van der Waals surface area contributed by atoms with Gasteiger partial charge in [-0.2, -0.15) is 0 Å². The molecule has 0 bridgehead atoms. The number of carboxylic acid groups (broad SMARTS) is 1. The second-order valence-electron chi connectivity index (χ2n) is 12.8. The highest BCUT2D eigenvalue weighted by atomic mass is 16.6. The van der Waals surface area contributed by atoms with Crippen LogP contribution in [0, 0.1) is 5.92 Å². The van der Waals surface area contributed by atoms with Crippen molar-refractivity contribution in [3.63, 3.8) is 0 Å². The van der Waals surface area contributed by atoms with Gasteiger partial charge in [0.05, 0.1) is 152 Å². The third-order valence-electron chi connectivity index (χ3n) is 8.36. The van der Waals surface area contributed by atoms with Crippen LogP contribution in [-0.2, 0) is 61.6 Å². The molecule has 0 aliphatic carbocycles. The molecule has 0 saturated carbocycles. The Hall–Kier alpha value is -1.99. The Morgan fingerprint density at radius 3 is 1.04 bits per heavy atom. The van der Waals surface area contributed by atoms with Crippen LogP contribution in [0.4, 0.5) is 0 Å². The highest BCUT2D eigenvalue weighted by Gasteiger charge is 2.11. The Balaban J connectivity index is 1.71. The van der Waals surface area contributed by atoms with Crippen molar-refractivity contribution in [2.24, 2.45) is 5.92 Å². The van der Waals surface area contributed by atoms with Gasteiger partial charge in [-0.15, -0.1) is 0 Å². The lowest BCUT2D eigenvalue weighted by Gasteiger charge is -2.18. The number of hydrogen-bond acceptors (Lipinski definition) is 14. The van der Waals surface area contributed by atoms with Gasteiger partial charge < -0.3 is 66.7 Å². The largest absolute Gasteiger partial charge is 0.491 e. The first-order valence-corrected chi connectivity index (χ1v) is 20.4. The minimum absolute atomic E-state index is 0.240. The van der Waals surface area contributed by atoms with Gasteiger partial charge >= 0.3 is 5.97 Å². The quantitative estimate of drug-likeness (QED) is 0.0907. The van der Waals surface area contributed by atoms with Crippen LogP contribution in [0.15, 0.2) is 24.3 Å². The average molecular weight is 807 g/mol. The van der Waals surface area contributed by atoms with Gasteiger partial charge in [0.1, 0.15) is 19.0 Å². The zero-order valence-corrected chi connectivity index (χ0v) is 34.6. The minimum Gasteiger partial charge on any atom is -0.491 e. The Morgan fingerprint density at radius 1 is 0.446 bits per heavy atom. The van der Waals surface area contributed by atoms with Crippen molar-refractivity contribution >= 4 is 5.97 Å². The zero-order valence-electron chi connectivity index (χ0n) is 34.6. The summed E-state index contributed by atoms with van der Waals surface area (Å²) in [4.78, 5) is 10.3. The summed E-state index contributed by atoms with van der Waals surface area (Å²) in [6.07, 6.45) is 4.94. The molecule has 15 nitrogen and oxygen atoms in total. The lowest BCUT2D eigenvalue weighted by Crippen LogP contribution is -2.16. The second-order valence-corrected chi connectivity index (χ2v) is 12.8. The molecule has 1 aromatic rings. The van der Waals surface area contributed by atoms with Gasteiger partial charge in [0.15, 0.2) is 0 Å². The predicted molar refractivity (Wildman–Crippen MR) is 211 cm³/mol. The molecule has 1 aromatic carbocycles. The molecular weight excluding hydrogens is 732 g/mol. The lowest BCUT2D eigenvalue weighted by atomic mass is 9.88. The summed E-state index contributed by atoms with van der Waals surface area (Å²) in [5.41, 5.74) is 1.40. The van der Waals surface area contributed by atoms with Crippen LogP contribution in [0.25, 0.3) is 0 Å². The number of benzene rings is 1. The third-order valence-corrected chi connectivity index (χ3v) is 8.36. The first-order chi connectivity index (χ1) is 27.6. The Morgan fingerprint density at radius 2 is 0.750 bits per heavy atom. The highest BCUT2D eigenvalue weighted by Crippen LogP contribution is 2.28. The Labute approximate surface area is 336 Å². The van der Waals surface area contributed by atoms with Crippen LogP contribution >= 0.6 is 0 Å². The van der Waals surface area contributed by atoms with Gasteiger partial charge in [0, 0.05) is 0 Å². The van der Waals surface area contributed by atoms with E-state index in [0.717, 1.165) is 11.7 Å². The number of rotatable bonds is 45. The monoisotopic (exact) mass is 807 g/mol. The summed E-state index contributed by atoms with van der Waals surface area (Å²) < 4.78 is 70.9. The molecule has 15 heteroatoms. The maximum absolute atomic E-state index is 10.3. The number of ether oxygens (including phenoxy) is 13. The fourth-order valence-electron chi connectivity index (χ4n) is 4.93. The van der Waals surface area contributed by atoms with Gasteiger partial charge in [-0.05, 0) is 42.4 Å². The summed E-state index contributed by atoms with van der Waals surface area (Å²) in [7, 11) is 0. The molecule has 0 fully saturated rings. The normalized spacial score (nSPS) is 12.6. The topological polar surface area (TPSA) is 157 Å². The molecule has 0 aliphatic rings. The molecular formula is C41H74O15. The van der Waals surface area contributed by atoms with Crippen LogP contribution in [0.3, 0.4) is 0 Å². The fourth-order valence-corrected chi connectivity index (χ4v) is 4.93. The predicted octanol–water partition coefficient (Wildman–Crippen LogP) is 4.67. The van der Waals surface area contributed by atoms with E-state index in [1.165, 1.54) is 31.2 Å². The molecule has 2 atom stereocenters. The van der Waals surface area contributed by atoms with Crippen molar-refractivity contribution in [3.8, 4) is 5.75 Å². The van der Waals surface area contributed by atoms with Crippen molar-refractivity contribution < 1.29 is 71.5 Å². The van der Waals surface area contributed by atoms with Crippen molar-refractivity contribution in [2.45, 2.75) is 52.4 Å². The van der Waals surface area contributed by atoms with Gasteiger partial charge in [-0.1, -0.05) is 45.7 Å². The fraction of sp³-hybridized carbons (Fsp3) is 0.829. The third kappa shape index (κ3) is 35.2. The molecule has 0 aliphatic heterocycles. The molecule has 0 saturated heterocycles. The maximum atomic E-state index is 10.3. The van der Waals surface area contributed by atoms with Crippen LogP contribution in [0.1, 0.15) is 57.9 Å². The van der Waals surface area contributed by atoms with Crippen LogP contribution in [-0.4, -0.2) is 176 Å². The Bertz CT molecular complexity index is 955. The van der Waals surface area contributed by atoms with E-state index in [1.54, 1.807) is 0 Å². The SMILES string of the molecule is CCC(C)CCC(CC)c1ccc(OCCOCCOCCOCCOCCOCCOCCOCCOCCOCCOCCOCCOCC(=O)O)cc1. The molecule has 1 rings (SSSR count). The van der Waals surface area contributed by atoms with Crippen LogP contribution in [0.5, 0.6) is 5.75 Å². The summed E-state index contributed by atoms with van der Waals surface area (Å²) in [5.74, 6) is 1.29. The standard InChI is InChI=1S/C41H74O15/c1-4-37(3)6-7-38(5-2)39-8-10-40(11-9-39)56-35-34-54-31-30-52-27-26-50-23-22-48-19-18-46-15-14-44-12-13-45-16-17-47-20-21-49-24-25-51-28-29-53-32-33-55-36-41(42)43/h8-11,37-38H,4-7,12-36H2,1-3H3,(H,42,43). The highest BCUT2D eigenvalue weighted by molar-refractivity contribution is 5.67. The number of aliphatic carboxylic acids is 1. The smallest absolute Gasteiger partial charge is 0.329 e. The van der Waals surface area contributed by atoms with Crippen molar-refractivity contribution in [3.05, 3.63) is 29.8 Å². The van der Waals surface area contributed by atoms with Gasteiger partial charge in [-0.3, -0.25) is 0 Å². The molecule has 2 unspecified atom stereocenters. The van der Waals surface area contributed by atoms with Gasteiger partial charge in [0.25, 0.3) is 0 Å². The molecule has 56 heavy (non-hydrogen) atoms. The lowest BCUT2D eigenvalue weighted by molar-refractivity contribution is -0.142. The zero-order chi connectivity index (χ0) is 40.4. The first kappa shape index (κ1) is 52.0. The van der Waals surface area contributed by atoms with Crippen molar-refractivity contribution in [2.75, 3.05) is 165 Å². The van der Waals surface area contributed by atoms with E-state index in [1.807, 2.05) is 0 Å². The van der Waals surface area contributed by atoms with Crippen LogP contribution < -0.4 is 4.74 Å². The van der Waals surface area contributed by atoms with E-state index in [-0.39, 0.29) is 13.2 Å². The Kier molecular flexibility index (Phi) is 38.3. The second kappa shape index (κ2) is 41.2. The molecule has 0 spiro atoms. The number of hydrogen-bond donors (Lipinski definition) is 1. The van der Waals surface area contributed by atoms with E-state index in [0.29, 0.717) is 158 Å².